The molecule has 1 aromatic rings. The fraction of sp³-hybridized carbons (Fsp3) is 0.750. The van der Waals surface area contributed by atoms with Crippen molar-refractivity contribution in [3.63, 3.8) is 0 Å². The highest BCUT2D eigenvalue weighted by atomic mass is 16.5. The summed E-state index contributed by atoms with van der Waals surface area (Å²) in [5.74, 6) is 2.30. The van der Waals surface area contributed by atoms with Crippen LogP contribution in [0, 0.1) is 0 Å². The van der Waals surface area contributed by atoms with Gasteiger partial charge in [-0.2, -0.15) is 0 Å². The number of nitrogens with zero attached hydrogens (tertiary/aromatic N) is 2. The van der Waals surface area contributed by atoms with Crippen LogP contribution < -0.4 is 5.32 Å². The zero-order valence-electron chi connectivity index (χ0n) is 13.2. The third kappa shape index (κ3) is 3.11. The molecule has 20 heavy (non-hydrogen) atoms. The van der Waals surface area contributed by atoms with Crippen LogP contribution in [-0.2, 0) is 10.3 Å². The summed E-state index contributed by atoms with van der Waals surface area (Å²) in [6.07, 6.45) is 6.00. The summed E-state index contributed by atoms with van der Waals surface area (Å²) in [4.78, 5) is 9.49. The van der Waals surface area contributed by atoms with Crippen LogP contribution in [0.25, 0.3) is 0 Å². The quantitative estimate of drug-likeness (QED) is 0.858. The largest absolute Gasteiger partial charge is 0.373 e. The Hall–Kier alpha value is -1.16. The standard InChI is InChI=1S/C16H27N3O/c1-5-16(3,20-6-2)15-18-13(11-14(17-4)19-15)12-9-7-8-10-12/h11-12H,5-10H2,1-4H3,(H,17,18,19). The molecule has 0 aromatic carbocycles. The van der Waals surface area contributed by atoms with Crippen molar-refractivity contribution in [2.45, 2.75) is 64.4 Å². The Balaban J connectivity index is 2.38. The predicted molar refractivity (Wildman–Crippen MR) is 82.1 cm³/mol. The van der Waals surface area contributed by atoms with Gasteiger partial charge < -0.3 is 10.1 Å². The lowest BCUT2D eigenvalue weighted by molar-refractivity contribution is -0.0391. The van der Waals surface area contributed by atoms with Crippen molar-refractivity contribution in [3.05, 3.63) is 17.6 Å². The molecule has 0 aliphatic heterocycles. The van der Waals surface area contributed by atoms with Gasteiger partial charge in [0.15, 0.2) is 5.82 Å². The maximum Gasteiger partial charge on any atom is 0.162 e. The Morgan fingerprint density at radius 1 is 1.30 bits per heavy atom. The highest BCUT2D eigenvalue weighted by Crippen LogP contribution is 2.35. The summed E-state index contributed by atoms with van der Waals surface area (Å²) in [6.45, 7) is 6.91. The van der Waals surface area contributed by atoms with Gasteiger partial charge in [-0.3, -0.25) is 0 Å². The van der Waals surface area contributed by atoms with Gasteiger partial charge in [0.2, 0.25) is 0 Å². The number of aromatic nitrogens is 2. The summed E-state index contributed by atoms with van der Waals surface area (Å²) in [5, 5.41) is 3.16. The van der Waals surface area contributed by atoms with E-state index in [2.05, 4.69) is 30.2 Å². The van der Waals surface area contributed by atoms with Crippen molar-refractivity contribution in [1.29, 1.82) is 0 Å². The molecule has 1 aliphatic carbocycles. The van der Waals surface area contributed by atoms with Crippen LogP contribution in [0.15, 0.2) is 6.07 Å². The van der Waals surface area contributed by atoms with Crippen LogP contribution >= 0.6 is 0 Å². The first-order chi connectivity index (χ1) is 9.62. The highest BCUT2D eigenvalue weighted by Gasteiger charge is 2.30. The molecule has 0 saturated heterocycles. The fourth-order valence-corrected chi connectivity index (χ4v) is 2.90. The molecule has 2 rings (SSSR count). The maximum absolute atomic E-state index is 5.93. The minimum atomic E-state index is -0.394. The maximum atomic E-state index is 5.93. The van der Waals surface area contributed by atoms with E-state index in [1.165, 1.54) is 31.4 Å². The monoisotopic (exact) mass is 277 g/mol. The number of hydrogen-bond acceptors (Lipinski definition) is 4. The molecule has 1 aliphatic rings. The molecule has 1 saturated carbocycles. The highest BCUT2D eigenvalue weighted by molar-refractivity contribution is 5.37. The van der Waals surface area contributed by atoms with Gasteiger partial charge in [0, 0.05) is 31.3 Å². The Labute approximate surface area is 122 Å². The lowest BCUT2D eigenvalue weighted by Crippen LogP contribution is -2.28. The van der Waals surface area contributed by atoms with Gasteiger partial charge in [0.25, 0.3) is 0 Å². The number of rotatable bonds is 6. The summed E-state index contributed by atoms with van der Waals surface area (Å²) >= 11 is 0. The number of ether oxygens (including phenoxy) is 1. The number of anilines is 1. The van der Waals surface area contributed by atoms with E-state index in [9.17, 15) is 0 Å². The predicted octanol–water partition coefficient (Wildman–Crippen LogP) is 3.84. The third-order valence-electron chi connectivity index (χ3n) is 4.39. The van der Waals surface area contributed by atoms with Crippen molar-refractivity contribution in [1.82, 2.24) is 9.97 Å². The van der Waals surface area contributed by atoms with Crippen molar-refractivity contribution >= 4 is 5.82 Å². The van der Waals surface area contributed by atoms with Crippen molar-refractivity contribution < 1.29 is 4.74 Å². The first-order valence-corrected chi connectivity index (χ1v) is 7.84. The van der Waals surface area contributed by atoms with Gasteiger partial charge in [0.05, 0.1) is 0 Å². The van der Waals surface area contributed by atoms with E-state index in [1.54, 1.807) is 0 Å². The van der Waals surface area contributed by atoms with Crippen molar-refractivity contribution in [3.8, 4) is 0 Å². The van der Waals surface area contributed by atoms with Crippen molar-refractivity contribution in [2.24, 2.45) is 0 Å². The molecular formula is C16H27N3O. The molecule has 1 aromatic heterocycles. The van der Waals surface area contributed by atoms with Crippen molar-refractivity contribution in [2.75, 3.05) is 19.0 Å². The molecule has 4 nitrogen and oxygen atoms in total. The number of nitrogens with one attached hydrogen (secondary N) is 1. The van der Waals surface area contributed by atoms with E-state index >= 15 is 0 Å². The fourth-order valence-electron chi connectivity index (χ4n) is 2.90. The van der Waals surface area contributed by atoms with Gasteiger partial charge in [-0.15, -0.1) is 0 Å². The Bertz CT molecular complexity index is 443. The molecule has 0 spiro atoms. The summed E-state index contributed by atoms with van der Waals surface area (Å²) in [7, 11) is 1.91. The topological polar surface area (TPSA) is 47.0 Å². The molecule has 0 amide bonds. The van der Waals surface area contributed by atoms with Crippen LogP contribution in [0.1, 0.15) is 70.3 Å². The zero-order valence-corrected chi connectivity index (χ0v) is 13.2. The van der Waals surface area contributed by atoms with Gasteiger partial charge in [-0.25, -0.2) is 9.97 Å². The normalized spacial score (nSPS) is 19.0. The summed E-state index contributed by atoms with van der Waals surface area (Å²) in [6, 6.07) is 2.10. The Morgan fingerprint density at radius 3 is 2.55 bits per heavy atom. The molecule has 1 fully saturated rings. The molecule has 0 bridgehead atoms. The second kappa shape index (κ2) is 6.53. The Morgan fingerprint density at radius 2 is 2.00 bits per heavy atom. The smallest absolute Gasteiger partial charge is 0.162 e. The van der Waals surface area contributed by atoms with E-state index in [4.69, 9.17) is 9.72 Å². The first kappa shape index (κ1) is 15.2. The second-order valence-corrected chi connectivity index (χ2v) is 5.75. The van der Waals surface area contributed by atoms with Gasteiger partial charge >= 0.3 is 0 Å². The average Bonchev–Trinajstić information content (AvgIpc) is 3.01. The van der Waals surface area contributed by atoms with Gasteiger partial charge in [-0.1, -0.05) is 19.8 Å². The molecule has 0 radical (unpaired) electrons. The number of hydrogen-bond donors (Lipinski definition) is 1. The molecular weight excluding hydrogens is 250 g/mol. The minimum absolute atomic E-state index is 0.394. The van der Waals surface area contributed by atoms with Crippen LogP contribution in [0.3, 0.4) is 0 Å². The summed E-state index contributed by atoms with van der Waals surface area (Å²) in [5.41, 5.74) is 0.783. The van der Waals surface area contributed by atoms with E-state index in [0.29, 0.717) is 12.5 Å². The van der Waals surface area contributed by atoms with E-state index in [0.717, 1.165) is 18.1 Å². The summed E-state index contributed by atoms with van der Waals surface area (Å²) < 4.78 is 5.93. The van der Waals surface area contributed by atoms with Gasteiger partial charge in [0.1, 0.15) is 11.4 Å². The molecule has 1 N–H and O–H groups in total. The molecule has 4 heteroatoms. The Kier molecular flexibility index (Phi) is 4.97. The van der Waals surface area contributed by atoms with Crippen LogP contribution in [0.4, 0.5) is 5.82 Å². The van der Waals surface area contributed by atoms with E-state index in [1.807, 2.05) is 14.0 Å². The lowest BCUT2D eigenvalue weighted by atomic mass is 9.99. The average molecular weight is 277 g/mol. The molecule has 1 heterocycles. The zero-order chi connectivity index (χ0) is 14.6. The second-order valence-electron chi connectivity index (χ2n) is 5.75. The lowest BCUT2D eigenvalue weighted by Gasteiger charge is -2.27. The third-order valence-corrected chi connectivity index (χ3v) is 4.39. The van der Waals surface area contributed by atoms with Crippen LogP contribution in [0.5, 0.6) is 0 Å². The van der Waals surface area contributed by atoms with Crippen LogP contribution in [0.2, 0.25) is 0 Å². The van der Waals surface area contributed by atoms with Gasteiger partial charge in [-0.05, 0) is 33.1 Å². The first-order valence-electron chi connectivity index (χ1n) is 7.84. The minimum Gasteiger partial charge on any atom is -0.373 e. The molecule has 1 unspecified atom stereocenters. The molecule has 1 atom stereocenters. The van der Waals surface area contributed by atoms with E-state index in [-0.39, 0.29) is 0 Å². The van der Waals surface area contributed by atoms with E-state index < -0.39 is 5.60 Å². The molecule has 112 valence electrons. The van der Waals surface area contributed by atoms with Crippen LogP contribution in [-0.4, -0.2) is 23.6 Å². The SMILES string of the molecule is CCOC(C)(CC)c1nc(NC)cc(C2CCCC2)n1.